The minimum atomic E-state index is -4.71. The number of amidine groups is 1. The monoisotopic (exact) mass is 425 g/mol. The molecule has 0 aliphatic carbocycles. The van der Waals surface area contributed by atoms with Crippen molar-refractivity contribution in [3.8, 4) is 16.9 Å². The summed E-state index contributed by atoms with van der Waals surface area (Å²) in [5, 5.41) is 5.17. The highest BCUT2D eigenvalue weighted by atomic mass is 35.5. The molecule has 0 saturated carbocycles. The number of fused-ring (bicyclic) bond motifs is 1. The molecule has 2 aliphatic heterocycles. The maximum Gasteiger partial charge on any atom is 0.573 e. The summed E-state index contributed by atoms with van der Waals surface area (Å²) in [6.07, 6.45) is -1.60. The Morgan fingerprint density at radius 3 is 2.18 bits per heavy atom. The lowest BCUT2D eigenvalue weighted by atomic mass is 10.0. The lowest BCUT2D eigenvalue weighted by Gasteiger charge is -2.26. The highest BCUT2D eigenvalue weighted by molar-refractivity contribution is 6.45. The Hall–Kier alpha value is -2.64. The highest BCUT2D eigenvalue weighted by Gasteiger charge is 2.32. The second kappa shape index (κ2) is 7.07. The minimum Gasteiger partial charge on any atom is -0.406 e. The third kappa shape index (κ3) is 3.81. The van der Waals surface area contributed by atoms with Crippen molar-refractivity contribution in [1.29, 1.82) is 0 Å². The summed E-state index contributed by atoms with van der Waals surface area (Å²) >= 11 is 12.3. The maximum atomic E-state index is 12.3. The van der Waals surface area contributed by atoms with Gasteiger partial charge in [-0.25, -0.2) is 0 Å². The SMILES string of the molecule is FC(F)(F)Oc1ccc(-c2ccc(C3NN=C4C(Cl)=CC(Cl)=CN43)cc2)cc1. The van der Waals surface area contributed by atoms with Crippen molar-refractivity contribution in [3.05, 3.63) is 76.4 Å². The van der Waals surface area contributed by atoms with Crippen LogP contribution in [0.5, 0.6) is 5.75 Å². The molecule has 0 spiro atoms. The zero-order valence-corrected chi connectivity index (χ0v) is 15.6. The number of benzene rings is 2. The molecular weight excluding hydrogens is 414 g/mol. The highest BCUT2D eigenvalue weighted by Crippen LogP contribution is 2.33. The van der Waals surface area contributed by atoms with E-state index in [1.807, 2.05) is 29.2 Å². The quantitative estimate of drug-likeness (QED) is 0.686. The van der Waals surface area contributed by atoms with Crippen molar-refractivity contribution in [2.45, 2.75) is 12.5 Å². The van der Waals surface area contributed by atoms with Gasteiger partial charge in [-0.1, -0.05) is 59.6 Å². The maximum absolute atomic E-state index is 12.3. The number of halogens is 5. The first-order chi connectivity index (χ1) is 13.3. The summed E-state index contributed by atoms with van der Waals surface area (Å²) in [6.45, 7) is 0. The largest absolute Gasteiger partial charge is 0.573 e. The fourth-order valence-corrected chi connectivity index (χ4v) is 3.50. The van der Waals surface area contributed by atoms with Crippen LogP contribution in [0.4, 0.5) is 13.2 Å². The van der Waals surface area contributed by atoms with E-state index >= 15 is 0 Å². The lowest BCUT2D eigenvalue weighted by Crippen LogP contribution is -2.30. The van der Waals surface area contributed by atoms with E-state index in [0.717, 1.165) is 16.7 Å². The van der Waals surface area contributed by atoms with Gasteiger partial charge in [0.25, 0.3) is 0 Å². The number of nitrogens with zero attached hydrogens (tertiary/aromatic N) is 2. The molecule has 144 valence electrons. The van der Waals surface area contributed by atoms with Crippen LogP contribution in [0.2, 0.25) is 0 Å². The molecule has 2 aromatic carbocycles. The van der Waals surface area contributed by atoms with Crippen LogP contribution < -0.4 is 10.2 Å². The van der Waals surface area contributed by atoms with Crippen LogP contribution >= 0.6 is 23.2 Å². The molecule has 0 radical (unpaired) electrons. The fraction of sp³-hybridized carbons (Fsp3) is 0.105. The van der Waals surface area contributed by atoms with Gasteiger partial charge in [0, 0.05) is 6.20 Å². The average molecular weight is 426 g/mol. The van der Waals surface area contributed by atoms with E-state index < -0.39 is 6.36 Å². The van der Waals surface area contributed by atoms with Gasteiger partial charge < -0.3 is 9.64 Å². The molecule has 1 unspecified atom stereocenters. The van der Waals surface area contributed by atoms with Crippen molar-refractivity contribution in [1.82, 2.24) is 10.3 Å². The predicted molar refractivity (Wildman–Crippen MR) is 102 cm³/mol. The molecule has 4 nitrogen and oxygen atoms in total. The smallest absolute Gasteiger partial charge is 0.406 e. The van der Waals surface area contributed by atoms with Crippen LogP contribution in [-0.2, 0) is 0 Å². The molecule has 2 heterocycles. The Morgan fingerprint density at radius 1 is 0.964 bits per heavy atom. The van der Waals surface area contributed by atoms with Crippen molar-refractivity contribution < 1.29 is 17.9 Å². The molecule has 2 aromatic rings. The molecule has 9 heteroatoms. The first-order valence-electron chi connectivity index (χ1n) is 8.13. The summed E-state index contributed by atoms with van der Waals surface area (Å²) in [6, 6.07) is 13.3. The Morgan fingerprint density at radius 2 is 1.57 bits per heavy atom. The molecular formula is C19H12Cl2F3N3O. The number of rotatable bonds is 3. The summed E-state index contributed by atoms with van der Waals surface area (Å²) in [7, 11) is 0. The third-order valence-electron chi connectivity index (χ3n) is 4.20. The number of alkyl halides is 3. The molecule has 1 N–H and O–H groups in total. The first kappa shape index (κ1) is 18.7. The zero-order chi connectivity index (χ0) is 19.9. The molecule has 4 rings (SSSR count). The van der Waals surface area contributed by atoms with Crippen LogP contribution in [0.25, 0.3) is 11.1 Å². The van der Waals surface area contributed by atoms with E-state index in [1.165, 1.54) is 12.1 Å². The molecule has 0 amide bonds. The molecule has 0 fully saturated rings. The Balaban J connectivity index is 1.51. The van der Waals surface area contributed by atoms with Gasteiger partial charge >= 0.3 is 6.36 Å². The van der Waals surface area contributed by atoms with Gasteiger partial charge in [0.05, 0.1) is 10.1 Å². The second-order valence-corrected chi connectivity index (χ2v) is 6.92. The average Bonchev–Trinajstić information content (AvgIpc) is 3.05. The van der Waals surface area contributed by atoms with Crippen LogP contribution in [0.15, 0.2) is 76.0 Å². The van der Waals surface area contributed by atoms with Crippen LogP contribution in [-0.4, -0.2) is 17.1 Å². The molecule has 1 atom stereocenters. The van der Waals surface area contributed by atoms with Gasteiger partial charge in [-0.2, -0.15) is 5.10 Å². The van der Waals surface area contributed by atoms with E-state index in [1.54, 1.807) is 24.4 Å². The number of allylic oxidation sites excluding steroid dienone is 2. The summed E-state index contributed by atoms with van der Waals surface area (Å²) in [5.41, 5.74) is 5.56. The summed E-state index contributed by atoms with van der Waals surface area (Å²) < 4.78 is 40.7. The molecule has 0 aromatic heterocycles. The van der Waals surface area contributed by atoms with E-state index in [-0.39, 0.29) is 11.9 Å². The Labute approximate surface area is 168 Å². The van der Waals surface area contributed by atoms with Gasteiger partial charge in [-0.15, -0.1) is 13.2 Å². The topological polar surface area (TPSA) is 36.9 Å². The van der Waals surface area contributed by atoms with E-state index in [2.05, 4.69) is 15.3 Å². The van der Waals surface area contributed by atoms with Gasteiger partial charge in [-0.05, 0) is 34.9 Å². The van der Waals surface area contributed by atoms with E-state index in [0.29, 0.717) is 15.9 Å². The first-order valence-corrected chi connectivity index (χ1v) is 8.88. The predicted octanol–water partition coefficient (Wildman–Crippen LogP) is 5.69. The van der Waals surface area contributed by atoms with Gasteiger partial charge in [-0.3, -0.25) is 5.43 Å². The van der Waals surface area contributed by atoms with Crippen LogP contribution in [0.3, 0.4) is 0 Å². The molecule has 0 bridgehead atoms. The number of hydrazone groups is 1. The number of hydrogen-bond acceptors (Lipinski definition) is 4. The Bertz CT molecular complexity index is 983. The third-order valence-corrected chi connectivity index (χ3v) is 4.69. The number of nitrogens with one attached hydrogen (secondary N) is 1. The molecule has 2 aliphatic rings. The van der Waals surface area contributed by atoms with E-state index in [9.17, 15) is 13.2 Å². The summed E-state index contributed by atoms with van der Waals surface area (Å²) in [5.74, 6) is 0.326. The number of hydrogen-bond donors (Lipinski definition) is 1. The second-order valence-electron chi connectivity index (χ2n) is 6.07. The van der Waals surface area contributed by atoms with Crippen molar-refractivity contribution in [2.24, 2.45) is 5.10 Å². The van der Waals surface area contributed by atoms with Crippen LogP contribution in [0, 0.1) is 0 Å². The van der Waals surface area contributed by atoms with Gasteiger partial charge in [0.1, 0.15) is 11.9 Å². The van der Waals surface area contributed by atoms with Crippen molar-refractivity contribution in [3.63, 3.8) is 0 Å². The minimum absolute atomic E-state index is 0.258. The molecule has 28 heavy (non-hydrogen) atoms. The van der Waals surface area contributed by atoms with Crippen molar-refractivity contribution >= 4 is 29.0 Å². The lowest BCUT2D eigenvalue weighted by molar-refractivity contribution is -0.274. The van der Waals surface area contributed by atoms with Gasteiger partial charge in [0.15, 0.2) is 5.84 Å². The normalized spacial score (nSPS) is 18.7. The number of ether oxygens (including phenoxy) is 1. The van der Waals surface area contributed by atoms with E-state index in [4.69, 9.17) is 23.2 Å². The van der Waals surface area contributed by atoms with Crippen molar-refractivity contribution in [2.75, 3.05) is 0 Å². The zero-order valence-electron chi connectivity index (χ0n) is 14.0. The standard InChI is InChI=1S/C19H12Cl2F3N3O/c20-14-9-16(21)18-26-25-17(27(18)10-14)13-3-1-11(2-4-13)12-5-7-15(8-6-12)28-19(22,23)24/h1-10,17,25H. The summed E-state index contributed by atoms with van der Waals surface area (Å²) in [4.78, 5) is 1.84. The Kier molecular flexibility index (Phi) is 4.72. The fourth-order valence-electron chi connectivity index (χ4n) is 2.97. The van der Waals surface area contributed by atoms with Crippen LogP contribution in [0.1, 0.15) is 11.7 Å². The van der Waals surface area contributed by atoms with Gasteiger partial charge in [0.2, 0.25) is 0 Å². The molecule has 0 saturated heterocycles.